The number of hydrogen-bond acceptors (Lipinski definition) is 2. The third-order valence-electron chi connectivity index (χ3n) is 1.45. The van der Waals surface area contributed by atoms with E-state index in [9.17, 15) is 4.79 Å². The Balaban J connectivity index is 2.28. The Labute approximate surface area is 65.5 Å². The summed E-state index contributed by atoms with van der Waals surface area (Å²) in [5.74, 6) is 0. The molecule has 1 aromatic heterocycles. The molecule has 0 saturated heterocycles. The minimum absolute atomic E-state index is 0.722. The second kappa shape index (κ2) is 3.75. The van der Waals surface area contributed by atoms with Gasteiger partial charge in [-0.3, -0.25) is 4.79 Å². The first-order valence-electron chi connectivity index (χ1n) is 3.44. The first-order valence-corrected chi connectivity index (χ1v) is 3.44. The fraction of sp³-hybridized carbons (Fsp3) is 0.429. The van der Waals surface area contributed by atoms with Crippen molar-refractivity contribution in [3.63, 3.8) is 0 Å². The second-order valence-electron chi connectivity index (χ2n) is 2.39. The summed E-state index contributed by atoms with van der Waals surface area (Å²) in [6, 6.07) is 0. The lowest BCUT2D eigenvalue weighted by Gasteiger charge is -2.09. The fourth-order valence-corrected chi connectivity index (χ4v) is 0.745. The van der Waals surface area contributed by atoms with E-state index in [1.165, 1.54) is 0 Å². The van der Waals surface area contributed by atoms with E-state index < -0.39 is 0 Å². The van der Waals surface area contributed by atoms with Gasteiger partial charge in [0.05, 0.1) is 6.33 Å². The summed E-state index contributed by atoms with van der Waals surface area (Å²) in [6.07, 6.45) is 6.15. The van der Waals surface area contributed by atoms with Crippen LogP contribution in [0.3, 0.4) is 0 Å². The van der Waals surface area contributed by atoms with E-state index in [2.05, 4.69) is 4.98 Å². The van der Waals surface area contributed by atoms with Crippen LogP contribution < -0.4 is 0 Å². The van der Waals surface area contributed by atoms with Gasteiger partial charge in [-0.2, -0.15) is 0 Å². The SMILES string of the molecule is CN(C=O)CCn1ccnc1. The molecule has 0 saturated carbocycles. The van der Waals surface area contributed by atoms with E-state index in [4.69, 9.17) is 0 Å². The van der Waals surface area contributed by atoms with Crippen molar-refractivity contribution in [2.45, 2.75) is 6.54 Å². The molecule has 1 rings (SSSR count). The lowest BCUT2D eigenvalue weighted by molar-refractivity contribution is -0.117. The zero-order valence-corrected chi connectivity index (χ0v) is 6.47. The Morgan fingerprint density at radius 2 is 2.55 bits per heavy atom. The molecule has 0 spiro atoms. The van der Waals surface area contributed by atoms with Crippen molar-refractivity contribution in [3.05, 3.63) is 18.7 Å². The average Bonchev–Trinajstić information content (AvgIpc) is 2.52. The number of aromatic nitrogens is 2. The molecule has 11 heavy (non-hydrogen) atoms. The van der Waals surface area contributed by atoms with Crippen molar-refractivity contribution >= 4 is 6.41 Å². The first kappa shape index (κ1) is 7.78. The van der Waals surface area contributed by atoms with Crippen molar-refractivity contribution in [2.24, 2.45) is 0 Å². The van der Waals surface area contributed by atoms with Gasteiger partial charge in [0.1, 0.15) is 0 Å². The van der Waals surface area contributed by atoms with Crippen LogP contribution >= 0.6 is 0 Å². The standard InChI is InChI=1S/C7H11N3O/c1-9(7-11)4-5-10-3-2-8-6-10/h2-3,6-7H,4-5H2,1H3. The Morgan fingerprint density at radius 3 is 3.09 bits per heavy atom. The number of rotatable bonds is 4. The fourth-order valence-electron chi connectivity index (χ4n) is 0.745. The molecule has 1 amide bonds. The van der Waals surface area contributed by atoms with Crippen molar-refractivity contribution in [2.75, 3.05) is 13.6 Å². The van der Waals surface area contributed by atoms with Crippen LogP contribution in [0.1, 0.15) is 0 Å². The second-order valence-corrected chi connectivity index (χ2v) is 2.39. The van der Waals surface area contributed by atoms with Gasteiger partial charge in [-0.1, -0.05) is 0 Å². The first-order chi connectivity index (χ1) is 5.33. The van der Waals surface area contributed by atoms with E-state index in [-0.39, 0.29) is 0 Å². The van der Waals surface area contributed by atoms with Crippen LogP contribution in [0.5, 0.6) is 0 Å². The number of likely N-dealkylation sites (N-methyl/N-ethyl adjacent to an activating group) is 1. The van der Waals surface area contributed by atoms with Gasteiger partial charge in [0.25, 0.3) is 0 Å². The van der Waals surface area contributed by atoms with Crippen LogP contribution in [0.15, 0.2) is 18.7 Å². The van der Waals surface area contributed by atoms with Crippen LogP contribution in [-0.4, -0.2) is 34.5 Å². The smallest absolute Gasteiger partial charge is 0.209 e. The highest BCUT2D eigenvalue weighted by Gasteiger charge is 1.92. The van der Waals surface area contributed by atoms with Gasteiger partial charge in [0, 0.05) is 32.5 Å². The zero-order valence-electron chi connectivity index (χ0n) is 6.47. The molecule has 0 bridgehead atoms. The molecule has 0 aliphatic heterocycles. The van der Waals surface area contributed by atoms with Gasteiger partial charge in [0.2, 0.25) is 6.41 Å². The summed E-state index contributed by atoms with van der Waals surface area (Å²) in [6.45, 7) is 1.52. The van der Waals surface area contributed by atoms with Crippen LogP contribution in [0.4, 0.5) is 0 Å². The topological polar surface area (TPSA) is 38.1 Å². The normalized spacial score (nSPS) is 9.55. The minimum Gasteiger partial charge on any atom is -0.347 e. The summed E-state index contributed by atoms with van der Waals surface area (Å²) in [4.78, 5) is 15.6. The van der Waals surface area contributed by atoms with Gasteiger partial charge < -0.3 is 9.47 Å². The molecule has 1 aromatic rings. The maximum absolute atomic E-state index is 10.2. The maximum atomic E-state index is 10.2. The number of imidazole rings is 1. The molecule has 0 N–H and O–H groups in total. The average molecular weight is 153 g/mol. The lowest BCUT2D eigenvalue weighted by atomic mass is 10.6. The molecule has 1 heterocycles. The van der Waals surface area contributed by atoms with Gasteiger partial charge >= 0.3 is 0 Å². The predicted octanol–water partition coefficient (Wildman–Crippen LogP) is -0.0287. The van der Waals surface area contributed by atoms with Crippen molar-refractivity contribution in [3.8, 4) is 0 Å². The quantitative estimate of drug-likeness (QED) is 0.570. The molecule has 4 nitrogen and oxygen atoms in total. The number of nitrogens with zero attached hydrogens (tertiary/aromatic N) is 3. The van der Waals surface area contributed by atoms with Crippen molar-refractivity contribution in [1.29, 1.82) is 0 Å². The highest BCUT2D eigenvalue weighted by molar-refractivity contribution is 5.46. The van der Waals surface area contributed by atoms with E-state index >= 15 is 0 Å². The highest BCUT2D eigenvalue weighted by atomic mass is 16.1. The summed E-state index contributed by atoms with van der Waals surface area (Å²) in [7, 11) is 1.75. The Bertz CT molecular complexity index is 207. The molecule has 0 radical (unpaired) electrons. The molecular weight excluding hydrogens is 142 g/mol. The van der Waals surface area contributed by atoms with Crippen LogP contribution in [-0.2, 0) is 11.3 Å². The summed E-state index contributed by atoms with van der Waals surface area (Å²) < 4.78 is 1.93. The molecule has 0 fully saturated rings. The van der Waals surface area contributed by atoms with E-state index in [0.717, 1.165) is 19.5 Å². The highest BCUT2D eigenvalue weighted by Crippen LogP contribution is 1.86. The van der Waals surface area contributed by atoms with Crippen molar-refractivity contribution in [1.82, 2.24) is 14.5 Å². The lowest BCUT2D eigenvalue weighted by Crippen LogP contribution is -2.20. The molecule has 0 aromatic carbocycles. The third-order valence-corrected chi connectivity index (χ3v) is 1.45. The summed E-state index contributed by atoms with van der Waals surface area (Å²) in [5, 5.41) is 0. The number of carbonyl (C=O) groups is 1. The zero-order chi connectivity index (χ0) is 8.10. The molecular formula is C7H11N3O. The van der Waals surface area contributed by atoms with Gasteiger partial charge in [-0.25, -0.2) is 4.98 Å². The number of carbonyl (C=O) groups excluding carboxylic acids is 1. The predicted molar refractivity (Wildman–Crippen MR) is 40.9 cm³/mol. The van der Waals surface area contributed by atoms with E-state index in [1.807, 2.05) is 10.8 Å². The molecule has 60 valence electrons. The summed E-state index contributed by atoms with van der Waals surface area (Å²) in [5.41, 5.74) is 0. The van der Waals surface area contributed by atoms with Crippen LogP contribution in [0.25, 0.3) is 0 Å². The molecule has 0 unspecified atom stereocenters. The monoisotopic (exact) mass is 153 g/mol. The molecule has 0 atom stereocenters. The number of amides is 1. The van der Waals surface area contributed by atoms with E-state index in [0.29, 0.717) is 0 Å². The molecule has 0 aliphatic carbocycles. The molecule has 0 aliphatic rings. The van der Waals surface area contributed by atoms with Crippen molar-refractivity contribution < 1.29 is 4.79 Å². The van der Waals surface area contributed by atoms with Gasteiger partial charge in [-0.15, -0.1) is 0 Å². The Hall–Kier alpha value is -1.32. The third kappa shape index (κ3) is 2.41. The summed E-state index contributed by atoms with van der Waals surface area (Å²) >= 11 is 0. The largest absolute Gasteiger partial charge is 0.347 e. The Kier molecular flexibility index (Phi) is 2.66. The molecule has 4 heteroatoms. The van der Waals surface area contributed by atoms with Crippen LogP contribution in [0, 0.1) is 0 Å². The van der Waals surface area contributed by atoms with Gasteiger partial charge in [0.15, 0.2) is 0 Å². The maximum Gasteiger partial charge on any atom is 0.209 e. The Morgan fingerprint density at radius 1 is 1.73 bits per heavy atom. The minimum atomic E-state index is 0.722. The van der Waals surface area contributed by atoms with Gasteiger partial charge in [-0.05, 0) is 0 Å². The van der Waals surface area contributed by atoms with E-state index in [1.54, 1.807) is 24.5 Å². The van der Waals surface area contributed by atoms with Crippen LogP contribution in [0.2, 0.25) is 0 Å². The number of hydrogen-bond donors (Lipinski definition) is 0.